The summed E-state index contributed by atoms with van der Waals surface area (Å²) in [6.07, 6.45) is -4.59. The van der Waals surface area contributed by atoms with Gasteiger partial charge in [0.2, 0.25) is 11.8 Å². The van der Waals surface area contributed by atoms with Crippen LogP contribution in [0.25, 0.3) is 0 Å². The van der Waals surface area contributed by atoms with E-state index in [0.717, 1.165) is 28.8 Å². The minimum Gasteiger partial charge on any atom is -0.352 e. The Morgan fingerprint density at radius 2 is 1.69 bits per heavy atom. The van der Waals surface area contributed by atoms with Gasteiger partial charge < -0.3 is 21.3 Å². The number of hydrogen-bond donors (Lipinski definition) is 4. The standard InChI is InChI=1S/C25H31F3N4O3/c1-15(2)31-24(35)21(13-29-12-19-9-8-16(3)10-17(19)4)32-22(33)14-30-23(34)18-6-5-7-20(11-18)25(26,27)28/h5-11,15,21,29H,12-14H2,1-4H3,(H,30,34)(H,31,35)(H,32,33). The third-order valence-corrected chi connectivity index (χ3v) is 5.11. The van der Waals surface area contributed by atoms with Gasteiger partial charge in [-0.3, -0.25) is 14.4 Å². The fourth-order valence-electron chi connectivity index (χ4n) is 3.33. The lowest BCUT2D eigenvalue weighted by molar-refractivity contribution is -0.137. The number of amides is 3. The molecule has 3 amide bonds. The van der Waals surface area contributed by atoms with Crippen LogP contribution in [0.1, 0.15) is 46.5 Å². The number of nitrogens with one attached hydrogen (secondary N) is 4. The van der Waals surface area contributed by atoms with Crippen LogP contribution in [0.2, 0.25) is 0 Å². The Bertz CT molecular complexity index is 1050. The van der Waals surface area contributed by atoms with E-state index in [9.17, 15) is 27.6 Å². The van der Waals surface area contributed by atoms with Crippen molar-refractivity contribution in [2.75, 3.05) is 13.1 Å². The Hall–Kier alpha value is -3.40. The summed E-state index contributed by atoms with van der Waals surface area (Å²) in [5, 5.41) is 10.8. The van der Waals surface area contributed by atoms with Gasteiger partial charge in [0.1, 0.15) is 6.04 Å². The second-order valence-electron chi connectivity index (χ2n) is 8.61. The molecule has 2 aromatic rings. The number of carbonyl (C=O) groups excluding carboxylic acids is 3. The zero-order chi connectivity index (χ0) is 26.2. The average molecular weight is 493 g/mol. The lowest BCUT2D eigenvalue weighted by atomic mass is 10.1. The third kappa shape index (κ3) is 9.05. The van der Waals surface area contributed by atoms with Gasteiger partial charge in [0.15, 0.2) is 0 Å². The summed E-state index contributed by atoms with van der Waals surface area (Å²) in [6.45, 7) is 7.68. The fourth-order valence-corrected chi connectivity index (χ4v) is 3.33. The van der Waals surface area contributed by atoms with E-state index in [1.54, 1.807) is 13.8 Å². The van der Waals surface area contributed by atoms with Crippen molar-refractivity contribution < 1.29 is 27.6 Å². The van der Waals surface area contributed by atoms with E-state index >= 15 is 0 Å². The topological polar surface area (TPSA) is 99.3 Å². The van der Waals surface area contributed by atoms with Gasteiger partial charge in [-0.15, -0.1) is 0 Å². The Balaban J connectivity index is 1.96. The van der Waals surface area contributed by atoms with Gasteiger partial charge in [-0.05, 0) is 57.0 Å². The highest BCUT2D eigenvalue weighted by Gasteiger charge is 2.31. The van der Waals surface area contributed by atoms with Crippen molar-refractivity contribution in [3.05, 3.63) is 70.3 Å². The van der Waals surface area contributed by atoms with Crippen molar-refractivity contribution in [1.82, 2.24) is 21.3 Å². The molecule has 0 heterocycles. The molecule has 0 saturated carbocycles. The van der Waals surface area contributed by atoms with Crippen molar-refractivity contribution in [3.8, 4) is 0 Å². The van der Waals surface area contributed by atoms with Gasteiger partial charge in [0.25, 0.3) is 5.91 Å². The molecule has 0 aromatic heterocycles. The molecule has 190 valence electrons. The zero-order valence-electron chi connectivity index (χ0n) is 20.2. The molecule has 0 fully saturated rings. The van der Waals surface area contributed by atoms with Crippen LogP contribution in [-0.2, 0) is 22.3 Å². The summed E-state index contributed by atoms with van der Waals surface area (Å²) in [4.78, 5) is 37.2. The molecule has 35 heavy (non-hydrogen) atoms. The van der Waals surface area contributed by atoms with Gasteiger partial charge >= 0.3 is 6.18 Å². The highest BCUT2D eigenvalue weighted by atomic mass is 19.4. The first kappa shape index (κ1) is 27.8. The molecule has 10 heteroatoms. The number of halogens is 3. The van der Waals surface area contributed by atoms with Crippen LogP contribution < -0.4 is 21.3 Å². The highest BCUT2D eigenvalue weighted by molar-refractivity contribution is 5.97. The van der Waals surface area contributed by atoms with Crippen LogP contribution in [0.15, 0.2) is 42.5 Å². The molecule has 0 spiro atoms. The summed E-state index contributed by atoms with van der Waals surface area (Å²) < 4.78 is 38.6. The molecule has 0 bridgehead atoms. The molecule has 0 aliphatic heterocycles. The maximum atomic E-state index is 12.9. The average Bonchev–Trinajstić information content (AvgIpc) is 2.77. The Kier molecular flexibility index (Phi) is 9.82. The van der Waals surface area contributed by atoms with Crippen LogP contribution >= 0.6 is 0 Å². The number of rotatable bonds is 10. The summed E-state index contributed by atoms with van der Waals surface area (Å²) in [5.74, 6) is -1.88. The molecule has 0 saturated heterocycles. The van der Waals surface area contributed by atoms with Gasteiger partial charge in [-0.1, -0.05) is 29.8 Å². The van der Waals surface area contributed by atoms with Gasteiger partial charge in [-0.25, -0.2) is 0 Å². The number of carbonyl (C=O) groups is 3. The van der Waals surface area contributed by atoms with E-state index in [1.165, 1.54) is 6.07 Å². The van der Waals surface area contributed by atoms with E-state index < -0.39 is 42.0 Å². The number of hydrogen-bond acceptors (Lipinski definition) is 4. The second-order valence-corrected chi connectivity index (χ2v) is 8.61. The molecule has 2 aromatic carbocycles. The number of aryl methyl sites for hydroxylation is 2. The zero-order valence-corrected chi connectivity index (χ0v) is 20.2. The Morgan fingerprint density at radius 1 is 0.971 bits per heavy atom. The van der Waals surface area contributed by atoms with Crippen molar-refractivity contribution >= 4 is 17.7 Å². The molecule has 0 radical (unpaired) electrons. The Labute approximate surface area is 202 Å². The SMILES string of the molecule is Cc1ccc(CNCC(NC(=O)CNC(=O)c2cccc(C(F)(F)F)c2)C(=O)NC(C)C)c(C)c1. The molecule has 2 rings (SSSR count). The summed E-state index contributed by atoms with van der Waals surface area (Å²) in [6, 6.07) is 8.86. The van der Waals surface area contributed by atoms with Gasteiger partial charge in [0.05, 0.1) is 12.1 Å². The lowest BCUT2D eigenvalue weighted by Gasteiger charge is -2.21. The quantitative estimate of drug-likeness (QED) is 0.410. The maximum Gasteiger partial charge on any atom is 0.416 e. The maximum absolute atomic E-state index is 12.9. The first-order chi connectivity index (χ1) is 16.4. The van der Waals surface area contributed by atoms with Crippen molar-refractivity contribution in [2.45, 2.75) is 52.5 Å². The summed E-state index contributed by atoms with van der Waals surface area (Å²) in [5.41, 5.74) is 2.10. The molecule has 0 aliphatic carbocycles. The highest BCUT2D eigenvalue weighted by Crippen LogP contribution is 2.29. The molecular formula is C25H31F3N4O3. The van der Waals surface area contributed by atoms with Crippen LogP contribution in [0.5, 0.6) is 0 Å². The van der Waals surface area contributed by atoms with E-state index in [4.69, 9.17) is 0 Å². The molecule has 7 nitrogen and oxygen atoms in total. The first-order valence-corrected chi connectivity index (χ1v) is 11.2. The van der Waals surface area contributed by atoms with Crippen molar-refractivity contribution in [2.24, 2.45) is 0 Å². The summed E-state index contributed by atoms with van der Waals surface area (Å²) in [7, 11) is 0. The van der Waals surface area contributed by atoms with Crippen LogP contribution in [0, 0.1) is 13.8 Å². The third-order valence-electron chi connectivity index (χ3n) is 5.11. The van der Waals surface area contributed by atoms with E-state index in [-0.39, 0.29) is 18.2 Å². The normalized spacial score (nSPS) is 12.2. The van der Waals surface area contributed by atoms with Crippen molar-refractivity contribution in [3.63, 3.8) is 0 Å². The van der Waals surface area contributed by atoms with Crippen LogP contribution in [0.4, 0.5) is 13.2 Å². The molecule has 1 unspecified atom stereocenters. The largest absolute Gasteiger partial charge is 0.416 e. The van der Waals surface area contributed by atoms with Gasteiger partial charge in [0, 0.05) is 24.7 Å². The fraction of sp³-hybridized carbons (Fsp3) is 0.400. The van der Waals surface area contributed by atoms with E-state index in [0.29, 0.717) is 12.6 Å². The number of benzene rings is 2. The van der Waals surface area contributed by atoms with Gasteiger partial charge in [-0.2, -0.15) is 13.2 Å². The van der Waals surface area contributed by atoms with Crippen molar-refractivity contribution in [1.29, 1.82) is 0 Å². The van der Waals surface area contributed by atoms with E-state index in [2.05, 4.69) is 27.3 Å². The predicted molar refractivity (Wildman–Crippen MR) is 127 cm³/mol. The van der Waals surface area contributed by atoms with Crippen LogP contribution in [0.3, 0.4) is 0 Å². The first-order valence-electron chi connectivity index (χ1n) is 11.2. The molecule has 4 N–H and O–H groups in total. The number of alkyl halides is 3. The minimum absolute atomic E-state index is 0.138. The molecular weight excluding hydrogens is 461 g/mol. The molecule has 1 atom stereocenters. The molecule has 0 aliphatic rings. The summed E-state index contributed by atoms with van der Waals surface area (Å²) >= 11 is 0. The predicted octanol–water partition coefficient (Wildman–Crippen LogP) is 2.85. The second kappa shape index (κ2) is 12.3. The van der Waals surface area contributed by atoms with E-state index in [1.807, 2.05) is 26.0 Å². The minimum atomic E-state index is -4.59. The monoisotopic (exact) mass is 492 g/mol. The van der Waals surface area contributed by atoms with Crippen LogP contribution in [-0.4, -0.2) is 42.9 Å². The lowest BCUT2D eigenvalue weighted by Crippen LogP contribution is -2.54. The Morgan fingerprint density at radius 3 is 2.31 bits per heavy atom. The smallest absolute Gasteiger partial charge is 0.352 e.